The van der Waals surface area contributed by atoms with E-state index < -0.39 is 0 Å². The van der Waals surface area contributed by atoms with Gasteiger partial charge in [-0.3, -0.25) is 4.79 Å². The molecule has 0 aliphatic heterocycles. The fraction of sp³-hybridized carbons (Fsp3) is 0.562. The van der Waals surface area contributed by atoms with Crippen LogP contribution in [0.5, 0.6) is 0 Å². The van der Waals surface area contributed by atoms with E-state index in [1.54, 1.807) is 0 Å². The van der Waals surface area contributed by atoms with Gasteiger partial charge in [0.05, 0.1) is 6.04 Å². The van der Waals surface area contributed by atoms with Gasteiger partial charge in [0.25, 0.3) is 0 Å². The van der Waals surface area contributed by atoms with Crippen LogP contribution in [0.4, 0.5) is 0 Å². The topological polar surface area (TPSA) is 29.1 Å². The van der Waals surface area contributed by atoms with Crippen LogP contribution in [0.2, 0.25) is 0 Å². The van der Waals surface area contributed by atoms with Crippen LogP contribution in [0.3, 0.4) is 0 Å². The van der Waals surface area contributed by atoms with E-state index in [0.29, 0.717) is 0 Å². The number of rotatable bonds is 3. The first kappa shape index (κ1) is 14.6. The lowest BCUT2D eigenvalue weighted by atomic mass is 9.75. The lowest BCUT2D eigenvalue weighted by Crippen LogP contribution is -2.41. The molecule has 1 aliphatic rings. The summed E-state index contributed by atoms with van der Waals surface area (Å²) in [5.41, 5.74) is 0.984. The van der Waals surface area contributed by atoms with E-state index in [4.69, 9.17) is 0 Å². The summed E-state index contributed by atoms with van der Waals surface area (Å²) >= 11 is 3.43. The largest absolute Gasteiger partial charge is 0.349 e. The van der Waals surface area contributed by atoms with Crippen molar-refractivity contribution < 1.29 is 4.79 Å². The van der Waals surface area contributed by atoms with Gasteiger partial charge in [0, 0.05) is 9.89 Å². The number of carbonyl (C=O) groups is 1. The van der Waals surface area contributed by atoms with Crippen LogP contribution in [-0.2, 0) is 4.79 Å². The van der Waals surface area contributed by atoms with Crippen LogP contribution in [-0.4, -0.2) is 5.91 Å². The highest BCUT2D eigenvalue weighted by atomic mass is 79.9. The summed E-state index contributed by atoms with van der Waals surface area (Å²) in [6, 6.07) is 8.20. The molecule has 1 amide bonds. The quantitative estimate of drug-likeness (QED) is 0.865. The molecule has 1 aliphatic carbocycles. The van der Waals surface area contributed by atoms with E-state index in [2.05, 4.69) is 40.3 Å². The van der Waals surface area contributed by atoms with E-state index in [1.807, 2.05) is 19.1 Å². The van der Waals surface area contributed by atoms with Gasteiger partial charge in [0.2, 0.25) is 5.91 Å². The molecule has 1 fully saturated rings. The van der Waals surface area contributed by atoms with Crippen molar-refractivity contribution in [2.75, 3.05) is 0 Å². The Bertz CT molecular complexity index is 435. The minimum Gasteiger partial charge on any atom is -0.349 e. The zero-order chi connectivity index (χ0) is 13.9. The zero-order valence-corrected chi connectivity index (χ0v) is 13.3. The third-order valence-electron chi connectivity index (χ3n) is 4.22. The first-order chi connectivity index (χ1) is 9.01. The Kier molecular flexibility index (Phi) is 4.67. The number of hydrogen-bond acceptors (Lipinski definition) is 1. The summed E-state index contributed by atoms with van der Waals surface area (Å²) in [6.45, 7) is 4.16. The maximum Gasteiger partial charge on any atom is 0.226 e. The monoisotopic (exact) mass is 323 g/mol. The van der Waals surface area contributed by atoms with Gasteiger partial charge in [-0.2, -0.15) is 0 Å². The standard InChI is InChI=1S/C16H22BrNO/c1-12(13-6-8-14(17)9-7-13)18-15(19)16(2)10-4-3-5-11-16/h6-9,12H,3-5,10-11H2,1-2H3,(H,18,19). The molecule has 1 atom stereocenters. The summed E-state index contributed by atoms with van der Waals surface area (Å²) in [7, 11) is 0. The second-order valence-electron chi connectivity index (χ2n) is 5.87. The van der Waals surface area contributed by atoms with Crippen molar-refractivity contribution in [1.29, 1.82) is 0 Å². The van der Waals surface area contributed by atoms with Crippen LogP contribution in [0, 0.1) is 5.41 Å². The van der Waals surface area contributed by atoms with Crippen LogP contribution in [0.1, 0.15) is 57.6 Å². The molecule has 1 aromatic rings. The van der Waals surface area contributed by atoms with Gasteiger partial charge in [0.15, 0.2) is 0 Å². The van der Waals surface area contributed by atoms with Gasteiger partial charge in [-0.25, -0.2) is 0 Å². The van der Waals surface area contributed by atoms with Crippen molar-refractivity contribution in [2.24, 2.45) is 5.41 Å². The Hall–Kier alpha value is -0.830. The van der Waals surface area contributed by atoms with Crippen molar-refractivity contribution in [3.05, 3.63) is 34.3 Å². The molecule has 3 heteroatoms. The molecular formula is C16H22BrNO. The molecule has 0 heterocycles. The minimum atomic E-state index is -0.165. The number of halogens is 1. The third kappa shape index (κ3) is 3.59. The Morgan fingerprint density at radius 2 is 1.79 bits per heavy atom. The maximum atomic E-state index is 12.5. The van der Waals surface area contributed by atoms with E-state index in [9.17, 15) is 4.79 Å². The molecule has 0 saturated heterocycles. The van der Waals surface area contributed by atoms with Gasteiger partial charge >= 0.3 is 0 Å². The highest BCUT2D eigenvalue weighted by Crippen LogP contribution is 2.36. The lowest BCUT2D eigenvalue weighted by Gasteiger charge is -2.33. The second kappa shape index (κ2) is 6.08. The minimum absolute atomic E-state index is 0.0688. The first-order valence-corrected chi connectivity index (χ1v) is 7.87. The normalized spacial score (nSPS) is 19.7. The van der Waals surface area contributed by atoms with Crippen molar-refractivity contribution in [3.63, 3.8) is 0 Å². The Balaban J connectivity index is 2.00. The molecule has 2 rings (SSSR count). The Morgan fingerprint density at radius 1 is 1.21 bits per heavy atom. The van der Waals surface area contributed by atoms with Gasteiger partial charge in [-0.05, 0) is 37.5 Å². The average Bonchev–Trinajstić information content (AvgIpc) is 2.40. The molecule has 0 bridgehead atoms. The van der Waals surface area contributed by atoms with Crippen LogP contribution < -0.4 is 5.32 Å². The summed E-state index contributed by atoms with van der Waals surface area (Å²) < 4.78 is 1.06. The molecule has 19 heavy (non-hydrogen) atoms. The van der Waals surface area contributed by atoms with Crippen LogP contribution in [0.15, 0.2) is 28.7 Å². The van der Waals surface area contributed by atoms with E-state index in [-0.39, 0.29) is 17.4 Å². The van der Waals surface area contributed by atoms with Crippen molar-refractivity contribution in [1.82, 2.24) is 5.32 Å². The Labute approximate surface area is 124 Å². The highest BCUT2D eigenvalue weighted by molar-refractivity contribution is 9.10. The smallest absolute Gasteiger partial charge is 0.226 e. The molecule has 1 unspecified atom stereocenters. The van der Waals surface area contributed by atoms with Gasteiger partial charge in [-0.1, -0.05) is 54.2 Å². The van der Waals surface area contributed by atoms with Crippen molar-refractivity contribution >= 4 is 21.8 Å². The molecule has 1 aromatic carbocycles. The molecule has 104 valence electrons. The van der Waals surface area contributed by atoms with Gasteiger partial charge in [0.1, 0.15) is 0 Å². The zero-order valence-electron chi connectivity index (χ0n) is 11.7. The number of nitrogens with one attached hydrogen (secondary N) is 1. The highest BCUT2D eigenvalue weighted by Gasteiger charge is 2.34. The molecule has 2 nitrogen and oxygen atoms in total. The molecule has 0 spiro atoms. The predicted octanol–water partition coefficient (Wildman–Crippen LogP) is 4.60. The summed E-state index contributed by atoms with van der Waals surface area (Å²) in [4.78, 5) is 12.5. The molecular weight excluding hydrogens is 302 g/mol. The van der Waals surface area contributed by atoms with Crippen molar-refractivity contribution in [3.8, 4) is 0 Å². The number of benzene rings is 1. The molecule has 1 saturated carbocycles. The van der Waals surface area contributed by atoms with Crippen LogP contribution in [0.25, 0.3) is 0 Å². The van der Waals surface area contributed by atoms with E-state index in [1.165, 1.54) is 19.3 Å². The van der Waals surface area contributed by atoms with E-state index >= 15 is 0 Å². The third-order valence-corrected chi connectivity index (χ3v) is 4.75. The molecule has 1 N–H and O–H groups in total. The number of amides is 1. The first-order valence-electron chi connectivity index (χ1n) is 7.08. The number of hydrogen-bond donors (Lipinski definition) is 1. The van der Waals surface area contributed by atoms with Gasteiger partial charge < -0.3 is 5.32 Å². The summed E-state index contributed by atoms with van der Waals surface area (Å²) in [5.74, 6) is 0.211. The summed E-state index contributed by atoms with van der Waals surface area (Å²) in [5, 5.41) is 3.17. The van der Waals surface area contributed by atoms with E-state index in [0.717, 1.165) is 22.9 Å². The molecule has 0 radical (unpaired) electrons. The Morgan fingerprint density at radius 3 is 2.37 bits per heavy atom. The SMILES string of the molecule is CC(NC(=O)C1(C)CCCCC1)c1ccc(Br)cc1. The second-order valence-corrected chi connectivity index (χ2v) is 6.78. The molecule has 0 aromatic heterocycles. The summed E-state index contributed by atoms with van der Waals surface area (Å²) in [6.07, 6.45) is 5.66. The maximum absolute atomic E-state index is 12.5. The average molecular weight is 324 g/mol. The predicted molar refractivity (Wildman–Crippen MR) is 81.9 cm³/mol. The fourth-order valence-electron chi connectivity index (χ4n) is 2.76. The van der Waals surface area contributed by atoms with Crippen molar-refractivity contribution in [2.45, 2.75) is 52.0 Å². The lowest BCUT2D eigenvalue weighted by molar-refractivity contribution is -0.132. The number of carbonyl (C=O) groups excluding carboxylic acids is 1. The van der Waals surface area contributed by atoms with Crippen LogP contribution >= 0.6 is 15.9 Å². The van der Waals surface area contributed by atoms with Gasteiger partial charge in [-0.15, -0.1) is 0 Å². The fourth-order valence-corrected chi connectivity index (χ4v) is 3.03.